The van der Waals surface area contributed by atoms with Crippen LogP contribution in [0.3, 0.4) is 0 Å². The summed E-state index contributed by atoms with van der Waals surface area (Å²) >= 11 is 0. The van der Waals surface area contributed by atoms with Crippen molar-refractivity contribution in [3.05, 3.63) is 65.0 Å². The fraction of sp³-hybridized carbons (Fsp3) is 0.294. The number of carbonyl (C=O) groups excluding carboxylic acids is 1. The summed E-state index contributed by atoms with van der Waals surface area (Å²) in [5.74, 6) is 0.299. The first-order valence-corrected chi connectivity index (χ1v) is 8.59. The lowest BCUT2D eigenvalue weighted by Crippen LogP contribution is -2.52. The Labute approximate surface area is 154 Å². The third-order valence-electron chi connectivity index (χ3n) is 4.56. The van der Waals surface area contributed by atoms with Crippen molar-refractivity contribution in [1.29, 1.82) is 0 Å². The number of tetrazole rings is 1. The Morgan fingerprint density at radius 1 is 1.11 bits per heavy atom. The summed E-state index contributed by atoms with van der Waals surface area (Å²) in [6.07, 6.45) is 4.50. The van der Waals surface area contributed by atoms with Crippen LogP contribution in [0.4, 0.5) is 5.82 Å². The summed E-state index contributed by atoms with van der Waals surface area (Å²) in [5.41, 5.74) is 0.589. The number of nitrogens with one attached hydrogen (secondary N) is 1. The van der Waals surface area contributed by atoms with E-state index in [1.165, 1.54) is 17.2 Å². The molecule has 4 rings (SSSR count). The van der Waals surface area contributed by atoms with Crippen molar-refractivity contribution in [3.8, 4) is 0 Å². The van der Waals surface area contributed by atoms with Gasteiger partial charge in [-0.1, -0.05) is 30.3 Å². The second-order valence-electron chi connectivity index (χ2n) is 6.16. The van der Waals surface area contributed by atoms with Gasteiger partial charge in [0.15, 0.2) is 11.9 Å². The van der Waals surface area contributed by atoms with E-state index in [9.17, 15) is 9.59 Å². The third-order valence-corrected chi connectivity index (χ3v) is 4.56. The second-order valence-corrected chi connectivity index (χ2v) is 6.16. The highest BCUT2D eigenvalue weighted by Gasteiger charge is 2.31. The van der Waals surface area contributed by atoms with Crippen molar-refractivity contribution in [2.45, 2.75) is 6.04 Å². The molecule has 1 saturated heterocycles. The van der Waals surface area contributed by atoms with Crippen LogP contribution in [0, 0.1) is 0 Å². The van der Waals surface area contributed by atoms with Crippen LogP contribution in [0.2, 0.25) is 0 Å². The van der Waals surface area contributed by atoms with Gasteiger partial charge in [0.2, 0.25) is 0 Å². The van der Waals surface area contributed by atoms with Crippen LogP contribution in [0.1, 0.15) is 11.6 Å². The molecule has 27 heavy (non-hydrogen) atoms. The first kappa shape index (κ1) is 16.9. The van der Waals surface area contributed by atoms with Crippen molar-refractivity contribution >= 4 is 11.7 Å². The maximum atomic E-state index is 13.2. The van der Waals surface area contributed by atoms with Gasteiger partial charge in [0.25, 0.3) is 11.5 Å². The lowest BCUT2D eigenvalue weighted by Gasteiger charge is -2.36. The zero-order valence-corrected chi connectivity index (χ0v) is 14.5. The summed E-state index contributed by atoms with van der Waals surface area (Å²) in [6, 6.07) is 8.80. The van der Waals surface area contributed by atoms with Crippen molar-refractivity contribution in [2.24, 2.45) is 0 Å². The van der Waals surface area contributed by atoms with Crippen molar-refractivity contribution in [3.63, 3.8) is 0 Å². The van der Waals surface area contributed by atoms with Crippen LogP contribution in [0.25, 0.3) is 0 Å². The number of benzene rings is 1. The van der Waals surface area contributed by atoms with E-state index in [0.717, 1.165) is 5.56 Å². The minimum absolute atomic E-state index is 0.0805. The molecule has 10 heteroatoms. The highest BCUT2D eigenvalue weighted by Crippen LogP contribution is 2.21. The Morgan fingerprint density at radius 3 is 2.56 bits per heavy atom. The smallest absolute Gasteiger partial charge is 0.290 e. The highest BCUT2D eigenvalue weighted by molar-refractivity contribution is 5.83. The molecule has 2 aromatic heterocycles. The largest absolute Gasteiger partial charge is 0.348 e. The summed E-state index contributed by atoms with van der Waals surface area (Å²) in [5, 5.41) is 11.3. The summed E-state index contributed by atoms with van der Waals surface area (Å²) < 4.78 is 1.47. The van der Waals surface area contributed by atoms with E-state index >= 15 is 0 Å². The van der Waals surface area contributed by atoms with E-state index in [1.54, 1.807) is 11.1 Å². The molecule has 1 aromatic carbocycles. The molecule has 1 amide bonds. The van der Waals surface area contributed by atoms with Crippen molar-refractivity contribution in [1.82, 2.24) is 35.1 Å². The lowest BCUT2D eigenvalue weighted by molar-refractivity contribution is -0.134. The van der Waals surface area contributed by atoms with Gasteiger partial charge >= 0.3 is 0 Å². The second kappa shape index (κ2) is 7.36. The number of carbonyl (C=O) groups is 1. The van der Waals surface area contributed by atoms with E-state index < -0.39 is 6.04 Å². The molecule has 0 radical (unpaired) electrons. The number of hydrogen-bond acceptors (Lipinski definition) is 7. The molecule has 3 heterocycles. The Kier molecular flexibility index (Phi) is 4.60. The number of anilines is 1. The minimum Gasteiger partial charge on any atom is -0.348 e. The number of rotatable bonds is 4. The molecule has 1 N–H and O–H groups in total. The number of aromatic nitrogens is 6. The Morgan fingerprint density at radius 2 is 1.89 bits per heavy atom. The Hall–Kier alpha value is -3.56. The molecular formula is C17H18N8O2. The third kappa shape index (κ3) is 3.41. The molecule has 1 aliphatic heterocycles. The van der Waals surface area contributed by atoms with Crippen LogP contribution in [-0.4, -0.2) is 67.2 Å². The Balaban J connectivity index is 1.52. The molecule has 0 bridgehead atoms. The van der Waals surface area contributed by atoms with E-state index in [-0.39, 0.29) is 11.5 Å². The summed E-state index contributed by atoms with van der Waals surface area (Å²) in [6.45, 7) is 2.03. The van der Waals surface area contributed by atoms with Gasteiger partial charge in [-0.15, -0.1) is 5.10 Å². The topological polar surface area (TPSA) is 113 Å². The fourth-order valence-corrected chi connectivity index (χ4v) is 3.21. The van der Waals surface area contributed by atoms with E-state index in [2.05, 4.69) is 25.5 Å². The van der Waals surface area contributed by atoms with E-state index in [0.29, 0.717) is 32.0 Å². The van der Waals surface area contributed by atoms with Crippen LogP contribution in [-0.2, 0) is 4.79 Å². The average molecular weight is 366 g/mol. The SMILES string of the molecule is O=C(C(c1ccccc1)n1cnnn1)N1CCN(c2ncc[nH]c2=O)CC1. The number of aromatic amines is 1. The maximum Gasteiger partial charge on any atom is 0.290 e. The lowest BCUT2D eigenvalue weighted by atomic mass is 10.1. The van der Waals surface area contributed by atoms with E-state index in [1.807, 2.05) is 35.2 Å². The zero-order chi connectivity index (χ0) is 18.6. The number of amides is 1. The molecule has 10 nitrogen and oxygen atoms in total. The van der Waals surface area contributed by atoms with Gasteiger partial charge in [0.1, 0.15) is 6.33 Å². The molecule has 138 valence electrons. The molecule has 3 aromatic rings. The average Bonchev–Trinajstić information content (AvgIpc) is 3.24. The van der Waals surface area contributed by atoms with Gasteiger partial charge in [0, 0.05) is 38.6 Å². The van der Waals surface area contributed by atoms with Gasteiger partial charge < -0.3 is 14.8 Å². The molecule has 1 unspecified atom stereocenters. The number of piperazine rings is 1. The predicted molar refractivity (Wildman–Crippen MR) is 96.0 cm³/mol. The molecule has 1 aliphatic rings. The maximum absolute atomic E-state index is 13.2. The van der Waals surface area contributed by atoms with Gasteiger partial charge in [-0.25, -0.2) is 9.67 Å². The first-order valence-electron chi connectivity index (χ1n) is 8.59. The number of H-pyrrole nitrogens is 1. The van der Waals surface area contributed by atoms with Crippen molar-refractivity contribution in [2.75, 3.05) is 31.1 Å². The van der Waals surface area contributed by atoms with Crippen LogP contribution >= 0.6 is 0 Å². The molecule has 0 aliphatic carbocycles. The van der Waals surface area contributed by atoms with E-state index in [4.69, 9.17) is 0 Å². The number of nitrogens with zero attached hydrogens (tertiary/aromatic N) is 7. The van der Waals surface area contributed by atoms with Crippen LogP contribution in [0.5, 0.6) is 0 Å². The number of hydrogen-bond donors (Lipinski definition) is 1. The first-order chi connectivity index (χ1) is 13.2. The quantitative estimate of drug-likeness (QED) is 0.674. The monoisotopic (exact) mass is 366 g/mol. The van der Waals surface area contributed by atoms with Gasteiger partial charge in [-0.3, -0.25) is 9.59 Å². The normalized spacial score (nSPS) is 15.6. The fourth-order valence-electron chi connectivity index (χ4n) is 3.21. The highest BCUT2D eigenvalue weighted by atomic mass is 16.2. The van der Waals surface area contributed by atoms with Crippen LogP contribution in [0.15, 0.2) is 53.8 Å². The van der Waals surface area contributed by atoms with Gasteiger partial charge in [-0.2, -0.15) is 0 Å². The summed E-state index contributed by atoms with van der Waals surface area (Å²) in [4.78, 5) is 35.6. The molecular weight excluding hydrogens is 348 g/mol. The van der Waals surface area contributed by atoms with Gasteiger partial charge in [0.05, 0.1) is 0 Å². The van der Waals surface area contributed by atoms with Gasteiger partial charge in [-0.05, 0) is 16.0 Å². The van der Waals surface area contributed by atoms with Crippen LogP contribution < -0.4 is 10.5 Å². The molecule has 1 fully saturated rings. The molecule has 0 spiro atoms. The molecule has 1 atom stereocenters. The standard InChI is InChI=1S/C17H18N8O2/c26-16-15(18-6-7-19-16)23-8-10-24(11-9-23)17(27)14(25-12-20-21-22-25)13-4-2-1-3-5-13/h1-7,12,14H,8-11H2,(H,19,26). The Bertz CT molecular complexity index is 948. The summed E-state index contributed by atoms with van der Waals surface area (Å²) in [7, 11) is 0. The minimum atomic E-state index is -0.619. The van der Waals surface area contributed by atoms with Crippen molar-refractivity contribution < 1.29 is 4.79 Å². The zero-order valence-electron chi connectivity index (χ0n) is 14.5. The molecule has 0 saturated carbocycles. The predicted octanol–water partition coefficient (Wildman–Crippen LogP) is -0.305.